The number of hydrogen-bond acceptors (Lipinski definition) is 1. The second-order valence-corrected chi connectivity index (χ2v) is 4.15. The molecule has 1 aliphatic carbocycles. The molecule has 0 unspecified atom stereocenters. The molecular weight excluding hydrogens is 184 g/mol. The quantitative estimate of drug-likeness (QED) is 0.633. The molecule has 0 aliphatic heterocycles. The van der Waals surface area contributed by atoms with E-state index in [4.69, 9.17) is 0 Å². The van der Waals surface area contributed by atoms with Crippen molar-refractivity contribution in [3.63, 3.8) is 0 Å². The lowest BCUT2D eigenvalue weighted by Gasteiger charge is -2.11. The standard InChI is InChI=1S/C14H14O/c1-8(2)13-9(3)5-6-11-7-12(15)10(4)14(11)13/h5-6H,1,4,7H2,2-3H3. The van der Waals surface area contributed by atoms with Crippen LogP contribution in [0.4, 0.5) is 0 Å². The second-order valence-electron chi connectivity index (χ2n) is 4.15. The number of ketones is 1. The molecule has 0 bridgehead atoms. The van der Waals surface area contributed by atoms with Gasteiger partial charge in [0.15, 0.2) is 5.78 Å². The number of carbonyl (C=O) groups excluding carboxylic acids is 1. The molecule has 15 heavy (non-hydrogen) atoms. The van der Waals surface area contributed by atoms with Crippen molar-refractivity contribution in [3.8, 4) is 0 Å². The van der Waals surface area contributed by atoms with Crippen molar-refractivity contribution >= 4 is 16.9 Å². The third-order valence-corrected chi connectivity index (χ3v) is 2.92. The molecule has 0 fully saturated rings. The Morgan fingerprint density at radius 1 is 1.40 bits per heavy atom. The summed E-state index contributed by atoms with van der Waals surface area (Å²) in [6.45, 7) is 11.9. The average Bonchev–Trinajstić information content (AvgIpc) is 2.44. The zero-order valence-electron chi connectivity index (χ0n) is 9.18. The second kappa shape index (κ2) is 3.20. The lowest BCUT2D eigenvalue weighted by atomic mass is 9.92. The van der Waals surface area contributed by atoms with Crippen molar-refractivity contribution < 1.29 is 4.79 Å². The molecule has 76 valence electrons. The van der Waals surface area contributed by atoms with E-state index >= 15 is 0 Å². The van der Waals surface area contributed by atoms with Gasteiger partial charge in [0, 0.05) is 12.0 Å². The van der Waals surface area contributed by atoms with Gasteiger partial charge in [-0.1, -0.05) is 30.9 Å². The monoisotopic (exact) mass is 198 g/mol. The summed E-state index contributed by atoms with van der Waals surface area (Å²) in [5, 5.41) is 0. The molecule has 0 aromatic heterocycles. The fraction of sp³-hybridized carbons (Fsp3) is 0.214. The molecule has 0 heterocycles. The molecule has 0 saturated carbocycles. The number of allylic oxidation sites excluding steroid dienone is 2. The van der Waals surface area contributed by atoms with E-state index in [1.54, 1.807) is 0 Å². The Morgan fingerprint density at radius 2 is 2.07 bits per heavy atom. The highest BCUT2D eigenvalue weighted by Gasteiger charge is 2.26. The van der Waals surface area contributed by atoms with Gasteiger partial charge in [0.25, 0.3) is 0 Å². The van der Waals surface area contributed by atoms with Gasteiger partial charge < -0.3 is 0 Å². The highest BCUT2D eigenvalue weighted by Crippen LogP contribution is 2.35. The van der Waals surface area contributed by atoms with Gasteiger partial charge >= 0.3 is 0 Å². The van der Waals surface area contributed by atoms with Crippen LogP contribution >= 0.6 is 0 Å². The molecule has 0 saturated heterocycles. The molecule has 0 radical (unpaired) electrons. The fourth-order valence-corrected chi connectivity index (χ4v) is 2.21. The zero-order valence-corrected chi connectivity index (χ0v) is 9.18. The van der Waals surface area contributed by atoms with Crippen molar-refractivity contribution in [2.24, 2.45) is 0 Å². The van der Waals surface area contributed by atoms with Gasteiger partial charge in [-0.3, -0.25) is 4.79 Å². The van der Waals surface area contributed by atoms with Gasteiger partial charge in [0.2, 0.25) is 0 Å². The summed E-state index contributed by atoms with van der Waals surface area (Å²) in [4.78, 5) is 11.6. The van der Waals surface area contributed by atoms with E-state index in [0.29, 0.717) is 12.0 Å². The molecule has 1 aromatic carbocycles. The van der Waals surface area contributed by atoms with Crippen LogP contribution in [-0.4, -0.2) is 5.78 Å². The smallest absolute Gasteiger partial charge is 0.167 e. The lowest BCUT2D eigenvalue weighted by Crippen LogP contribution is -1.94. The van der Waals surface area contributed by atoms with Crippen LogP contribution in [-0.2, 0) is 11.2 Å². The maximum atomic E-state index is 11.6. The van der Waals surface area contributed by atoms with Crippen LogP contribution in [0.5, 0.6) is 0 Å². The van der Waals surface area contributed by atoms with Crippen LogP contribution in [0.25, 0.3) is 11.1 Å². The number of benzene rings is 1. The SMILES string of the molecule is C=C(C)c1c(C)ccc2c1C(=C)C(=O)C2. The fourth-order valence-electron chi connectivity index (χ4n) is 2.21. The number of rotatable bonds is 1. The normalized spacial score (nSPS) is 14.3. The zero-order chi connectivity index (χ0) is 11.2. The summed E-state index contributed by atoms with van der Waals surface area (Å²) >= 11 is 0. The van der Waals surface area contributed by atoms with E-state index < -0.39 is 0 Å². The van der Waals surface area contributed by atoms with Crippen molar-refractivity contribution in [2.75, 3.05) is 0 Å². The maximum Gasteiger partial charge on any atom is 0.167 e. The highest BCUT2D eigenvalue weighted by molar-refractivity contribution is 6.25. The average molecular weight is 198 g/mol. The Kier molecular flexibility index (Phi) is 2.11. The number of Topliss-reactive ketones (excluding diaryl/α,β-unsaturated/α-hetero) is 1. The number of carbonyl (C=O) groups is 1. The highest BCUT2D eigenvalue weighted by atomic mass is 16.1. The molecule has 2 rings (SSSR count). The van der Waals surface area contributed by atoms with E-state index in [0.717, 1.165) is 27.8 Å². The molecular formula is C14H14O. The van der Waals surface area contributed by atoms with E-state index in [1.165, 1.54) is 0 Å². The van der Waals surface area contributed by atoms with Crippen LogP contribution in [0.1, 0.15) is 29.2 Å². The Balaban J connectivity index is 2.77. The van der Waals surface area contributed by atoms with Crippen molar-refractivity contribution in [1.29, 1.82) is 0 Å². The van der Waals surface area contributed by atoms with E-state index in [2.05, 4.69) is 19.2 Å². The summed E-state index contributed by atoms with van der Waals surface area (Å²) in [5.74, 6) is 0.137. The molecule has 1 aromatic rings. The minimum absolute atomic E-state index is 0.137. The molecule has 0 spiro atoms. The van der Waals surface area contributed by atoms with Crippen LogP contribution in [0, 0.1) is 6.92 Å². The Bertz CT molecular complexity index is 492. The summed E-state index contributed by atoms with van der Waals surface area (Å²) in [5.41, 5.74) is 6.02. The van der Waals surface area contributed by atoms with E-state index in [9.17, 15) is 4.79 Å². The van der Waals surface area contributed by atoms with Gasteiger partial charge in [-0.15, -0.1) is 0 Å². The van der Waals surface area contributed by atoms with E-state index in [1.807, 2.05) is 19.9 Å². The summed E-state index contributed by atoms with van der Waals surface area (Å²) in [6, 6.07) is 4.07. The first kappa shape index (κ1) is 9.91. The molecule has 0 atom stereocenters. The van der Waals surface area contributed by atoms with E-state index in [-0.39, 0.29) is 5.78 Å². The third kappa shape index (κ3) is 1.35. The Hall–Kier alpha value is -1.63. The van der Waals surface area contributed by atoms with Crippen LogP contribution in [0.3, 0.4) is 0 Å². The van der Waals surface area contributed by atoms with Gasteiger partial charge in [0.1, 0.15) is 0 Å². The Morgan fingerprint density at radius 3 is 2.67 bits per heavy atom. The predicted molar refractivity (Wildman–Crippen MR) is 63.6 cm³/mol. The summed E-state index contributed by atoms with van der Waals surface area (Å²) < 4.78 is 0. The van der Waals surface area contributed by atoms with Crippen LogP contribution < -0.4 is 0 Å². The Labute approximate surface area is 90.1 Å². The largest absolute Gasteiger partial charge is 0.294 e. The topological polar surface area (TPSA) is 17.1 Å². The predicted octanol–water partition coefficient (Wildman–Crippen LogP) is 3.17. The third-order valence-electron chi connectivity index (χ3n) is 2.92. The minimum Gasteiger partial charge on any atom is -0.294 e. The van der Waals surface area contributed by atoms with Gasteiger partial charge in [-0.25, -0.2) is 0 Å². The summed E-state index contributed by atoms with van der Waals surface area (Å²) in [6.07, 6.45) is 0.495. The molecule has 0 amide bonds. The van der Waals surface area contributed by atoms with Gasteiger partial charge in [-0.05, 0) is 36.1 Å². The van der Waals surface area contributed by atoms with Gasteiger partial charge in [-0.2, -0.15) is 0 Å². The van der Waals surface area contributed by atoms with Gasteiger partial charge in [0.05, 0.1) is 0 Å². The minimum atomic E-state index is 0.137. The number of hydrogen-bond donors (Lipinski definition) is 0. The first-order valence-electron chi connectivity index (χ1n) is 5.03. The molecule has 1 aliphatic rings. The first-order chi connectivity index (χ1) is 7.02. The van der Waals surface area contributed by atoms with Crippen molar-refractivity contribution in [3.05, 3.63) is 47.5 Å². The molecule has 1 nitrogen and oxygen atoms in total. The van der Waals surface area contributed by atoms with Crippen LogP contribution in [0.15, 0.2) is 25.3 Å². The molecule has 0 N–H and O–H groups in total. The summed E-state index contributed by atoms with van der Waals surface area (Å²) in [7, 11) is 0. The number of aryl methyl sites for hydroxylation is 1. The van der Waals surface area contributed by atoms with Crippen molar-refractivity contribution in [2.45, 2.75) is 20.3 Å². The maximum absolute atomic E-state index is 11.6. The lowest BCUT2D eigenvalue weighted by molar-refractivity contribution is -0.112. The number of fused-ring (bicyclic) bond motifs is 1. The van der Waals surface area contributed by atoms with Crippen molar-refractivity contribution in [1.82, 2.24) is 0 Å². The van der Waals surface area contributed by atoms with Crippen LogP contribution in [0.2, 0.25) is 0 Å². The first-order valence-corrected chi connectivity index (χ1v) is 5.03. The molecule has 1 heteroatoms.